The summed E-state index contributed by atoms with van der Waals surface area (Å²) in [5, 5.41) is 0. The number of unbranched alkanes of at least 4 members (excludes halogenated alkanes) is 27. The SMILES string of the molecule is CC/C=C\C/C=C\C/C=C\C/C=C\C/C=C\CCCCCCCCCCCCCC(=O)OC(COC(=O)CCCCCCCCCCCCCCCCCC/C=C\C/C=C\C/C=C\C/C=C\CC)COP(=O)(O)OCC[N+](C)(C)C. The first-order valence-corrected chi connectivity index (χ1v) is 34.1. The van der Waals surface area contributed by atoms with Gasteiger partial charge in [0.2, 0.25) is 0 Å². The predicted molar refractivity (Wildman–Crippen MR) is 344 cm³/mol. The Morgan fingerprint density at radius 2 is 0.675 bits per heavy atom. The largest absolute Gasteiger partial charge is 0.472 e. The highest BCUT2D eigenvalue weighted by molar-refractivity contribution is 7.47. The summed E-state index contributed by atoms with van der Waals surface area (Å²) in [6, 6.07) is 0. The van der Waals surface area contributed by atoms with Gasteiger partial charge in [-0.2, -0.15) is 0 Å². The second kappa shape index (κ2) is 60.3. The third-order valence-corrected chi connectivity index (χ3v) is 14.8. The summed E-state index contributed by atoms with van der Waals surface area (Å²) in [7, 11) is 1.47. The highest BCUT2D eigenvalue weighted by Crippen LogP contribution is 2.43. The van der Waals surface area contributed by atoms with Gasteiger partial charge in [0, 0.05) is 12.8 Å². The lowest BCUT2D eigenvalue weighted by molar-refractivity contribution is -0.870. The molecule has 0 spiro atoms. The molecule has 0 saturated heterocycles. The number of rotatable bonds is 59. The molecule has 0 aliphatic rings. The van der Waals surface area contributed by atoms with Gasteiger partial charge in [-0.3, -0.25) is 18.6 Å². The number of allylic oxidation sites excluding steroid dienone is 18. The zero-order valence-corrected chi connectivity index (χ0v) is 53.2. The van der Waals surface area contributed by atoms with Crippen LogP contribution in [0.4, 0.5) is 0 Å². The van der Waals surface area contributed by atoms with E-state index in [2.05, 4.69) is 123 Å². The monoisotopic (exact) mass is 1140 g/mol. The van der Waals surface area contributed by atoms with Crippen LogP contribution in [0.5, 0.6) is 0 Å². The molecule has 0 radical (unpaired) electrons. The summed E-state index contributed by atoms with van der Waals surface area (Å²) in [5.74, 6) is -0.798. The normalized spacial score (nSPS) is 13.9. The maximum atomic E-state index is 12.9. The van der Waals surface area contributed by atoms with Crippen LogP contribution < -0.4 is 0 Å². The van der Waals surface area contributed by atoms with E-state index in [1.54, 1.807) is 0 Å². The predicted octanol–water partition coefficient (Wildman–Crippen LogP) is 20.9. The fourth-order valence-electron chi connectivity index (χ4n) is 8.86. The van der Waals surface area contributed by atoms with Crippen molar-refractivity contribution < 1.29 is 42.1 Å². The molecule has 460 valence electrons. The first kappa shape index (κ1) is 76.7. The number of hydrogen-bond acceptors (Lipinski definition) is 7. The van der Waals surface area contributed by atoms with Crippen molar-refractivity contribution in [3.8, 4) is 0 Å². The summed E-state index contributed by atoms with van der Waals surface area (Å²) in [6.45, 7) is 4.22. The average Bonchev–Trinajstić information content (AvgIpc) is 3.42. The Bertz CT molecular complexity index is 1720. The maximum Gasteiger partial charge on any atom is 0.472 e. The molecule has 0 saturated carbocycles. The van der Waals surface area contributed by atoms with Crippen LogP contribution in [0.3, 0.4) is 0 Å². The molecule has 0 aromatic carbocycles. The van der Waals surface area contributed by atoms with Crippen molar-refractivity contribution >= 4 is 19.8 Å². The van der Waals surface area contributed by atoms with Crippen molar-refractivity contribution in [1.82, 2.24) is 0 Å². The summed E-state index contributed by atoms with van der Waals surface area (Å²) >= 11 is 0. The van der Waals surface area contributed by atoms with Crippen molar-refractivity contribution in [2.75, 3.05) is 47.5 Å². The number of ether oxygens (including phenoxy) is 2. The van der Waals surface area contributed by atoms with Gasteiger partial charge in [-0.1, -0.05) is 271 Å². The molecule has 2 atom stereocenters. The molecule has 2 unspecified atom stereocenters. The topological polar surface area (TPSA) is 108 Å². The number of phosphoric acid groups is 1. The van der Waals surface area contributed by atoms with E-state index >= 15 is 0 Å². The highest BCUT2D eigenvalue weighted by Gasteiger charge is 2.27. The minimum Gasteiger partial charge on any atom is -0.462 e. The molecular weight excluding hydrogens is 1010 g/mol. The molecule has 0 aliphatic heterocycles. The van der Waals surface area contributed by atoms with Crippen LogP contribution in [-0.4, -0.2) is 74.9 Å². The van der Waals surface area contributed by atoms with E-state index in [0.717, 1.165) is 103 Å². The number of esters is 2. The summed E-state index contributed by atoms with van der Waals surface area (Å²) in [4.78, 5) is 35.8. The minimum atomic E-state index is -4.40. The number of likely N-dealkylation sites (N-methyl/N-ethyl adjacent to an activating group) is 1. The standard InChI is InChI=1S/C70H122NO8P/c1-6-8-10-12-14-16-18-20-22-24-26-28-30-32-34-35-37-38-40-42-44-46-48-50-52-54-56-58-60-62-69(72)76-66-68(67-78-80(74,75)77-65-64-71(3,4)5)79-70(73)63-61-59-57-55-53-51-49-47-45-43-41-39-36-33-31-29-27-25-23-21-19-17-15-13-11-9-7-2/h8-11,14-17,20-23,26-29,33,36,68H,6-7,12-13,18-19,24-25,30-32,34-35,37-67H2,1-5H3/p+1/b10-8-,11-9-,16-14-,17-15-,22-20-,23-21-,28-26-,29-27-,36-33-. The minimum absolute atomic E-state index is 0.0273. The van der Waals surface area contributed by atoms with E-state index in [0.29, 0.717) is 17.4 Å². The fourth-order valence-corrected chi connectivity index (χ4v) is 9.60. The van der Waals surface area contributed by atoms with Gasteiger partial charge in [-0.15, -0.1) is 0 Å². The second-order valence-electron chi connectivity index (χ2n) is 22.7. The number of carbonyl (C=O) groups excluding carboxylic acids is 2. The quantitative estimate of drug-likeness (QED) is 0.0211. The second-order valence-corrected chi connectivity index (χ2v) is 24.2. The van der Waals surface area contributed by atoms with Gasteiger partial charge in [0.1, 0.15) is 19.8 Å². The Kier molecular flexibility index (Phi) is 57.8. The van der Waals surface area contributed by atoms with Crippen molar-refractivity contribution in [2.24, 2.45) is 0 Å². The third-order valence-electron chi connectivity index (χ3n) is 13.8. The lowest BCUT2D eigenvalue weighted by atomic mass is 10.0. The molecule has 9 nitrogen and oxygen atoms in total. The van der Waals surface area contributed by atoms with Crippen molar-refractivity contribution in [3.63, 3.8) is 0 Å². The fraction of sp³-hybridized carbons (Fsp3) is 0.714. The molecule has 0 amide bonds. The molecule has 0 bridgehead atoms. The number of quaternary nitrogens is 1. The van der Waals surface area contributed by atoms with E-state index in [9.17, 15) is 19.0 Å². The molecule has 0 aliphatic carbocycles. The van der Waals surface area contributed by atoms with Gasteiger partial charge in [0.15, 0.2) is 6.10 Å². The Morgan fingerprint density at radius 3 is 1.00 bits per heavy atom. The van der Waals surface area contributed by atoms with E-state index in [1.807, 2.05) is 21.1 Å². The molecule has 0 aromatic heterocycles. The van der Waals surface area contributed by atoms with Gasteiger partial charge in [-0.25, -0.2) is 4.57 Å². The first-order valence-electron chi connectivity index (χ1n) is 32.6. The molecule has 0 fully saturated rings. The van der Waals surface area contributed by atoms with Crippen LogP contribution in [0.15, 0.2) is 109 Å². The molecule has 0 heterocycles. The van der Waals surface area contributed by atoms with Crippen LogP contribution in [0.2, 0.25) is 0 Å². The zero-order chi connectivity index (χ0) is 58.4. The summed E-state index contributed by atoms with van der Waals surface area (Å²) in [5.41, 5.74) is 0. The number of hydrogen-bond donors (Lipinski definition) is 1. The third kappa shape index (κ3) is 63.8. The highest BCUT2D eigenvalue weighted by atomic mass is 31.2. The Morgan fingerprint density at radius 1 is 0.388 bits per heavy atom. The Balaban J connectivity index is 4.10. The molecular formula is C70H123NO8P+. The Labute approximate surface area is 493 Å². The Hall–Kier alpha value is -3.33. The molecule has 1 N–H and O–H groups in total. The smallest absolute Gasteiger partial charge is 0.462 e. The van der Waals surface area contributed by atoms with Crippen molar-refractivity contribution in [3.05, 3.63) is 109 Å². The van der Waals surface area contributed by atoms with Gasteiger partial charge in [0.25, 0.3) is 0 Å². The molecule has 0 rings (SSSR count). The van der Waals surface area contributed by atoms with Gasteiger partial charge in [0.05, 0.1) is 27.7 Å². The van der Waals surface area contributed by atoms with Gasteiger partial charge in [-0.05, 0) is 96.3 Å². The van der Waals surface area contributed by atoms with E-state index in [4.69, 9.17) is 18.5 Å². The number of phosphoric ester groups is 1. The van der Waals surface area contributed by atoms with Crippen LogP contribution in [0.25, 0.3) is 0 Å². The average molecular weight is 1140 g/mol. The first-order chi connectivity index (χ1) is 39.0. The lowest BCUT2D eigenvalue weighted by Crippen LogP contribution is -2.37. The van der Waals surface area contributed by atoms with E-state index in [1.165, 1.54) is 135 Å². The molecule has 10 heteroatoms. The van der Waals surface area contributed by atoms with E-state index < -0.39 is 26.5 Å². The van der Waals surface area contributed by atoms with Gasteiger partial charge >= 0.3 is 19.8 Å². The molecule has 80 heavy (non-hydrogen) atoms. The van der Waals surface area contributed by atoms with Crippen LogP contribution >= 0.6 is 7.82 Å². The number of nitrogens with zero attached hydrogens (tertiary/aromatic N) is 1. The zero-order valence-electron chi connectivity index (χ0n) is 52.3. The van der Waals surface area contributed by atoms with Crippen molar-refractivity contribution in [2.45, 2.75) is 277 Å². The lowest BCUT2D eigenvalue weighted by Gasteiger charge is -2.24. The van der Waals surface area contributed by atoms with Crippen molar-refractivity contribution in [1.29, 1.82) is 0 Å². The molecule has 0 aromatic rings. The summed E-state index contributed by atoms with van der Waals surface area (Å²) < 4.78 is 34.7. The van der Waals surface area contributed by atoms with E-state index in [-0.39, 0.29) is 32.0 Å². The maximum absolute atomic E-state index is 12.9. The van der Waals surface area contributed by atoms with Gasteiger partial charge < -0.3 is 18.9 Å². The van der Waals surface area contributed by atoms with Crippen LogP contribution in [0, 0.1) is 0 Å². The van der Waals surface area contributed by atoms with Crippen LogP contribution in [0.1, 0.15) is 271 Å². The summed E-state index contributed by atoms with van der Waals surface area (Å²) in [6.07, 6.45) is 84.6. The number of carbonyl (C=O) groups is 2. The van der Waals surface area contributed by atoms with Crippen LogP contribution in [-0.2, 0) is 32.7 Å².